The van der Waals surface area contributed by atoms with Crippen molar-refractivity contribution in [2.45, 2.75) is 57.5 Å². The van der Waals surface area contributed by atoms with Crippen LogP contribution in [0.3, 0.4) is 0 Å². The normalized spacial score (nSPS) is 14.9. The Balaban J connectivity index is 1.93. The van der Waals surface area contributed by atoms with E-state index in [4.69, 9.17) is 0 Å². The van der Waals surface area contributed by atoms with Gasteiger partial charge in [-0.1, -0.05) is 25.3 Å². The van der Waals surface area contributed by atoms with Crippen LogP contribution in [-0.4, -0.2) is 37.1 Å². The molecule has 0 bridgehead atoms. The van der Waals surface area contributed by atoms with E-state index in [-0.39, 0.29) is 24.7 Å². The number of hydrogen-bond acceptors (Lipinski definition) is 5. The van der Waals surface area contributed by atoms with E-state index in [9.17, 15) is 9.59 Å². The van der Waals surface area contributed by atoms with E-state index in [1.807, 2.05) is 12.1 Å². The molecule has 24 heavy (non-hydrogen) atoms. The summed E-state index contributed by atoms with van der Waals surface area (Å²) in [6, 6.07) is 4.39. The molecule has 0 aliphatic heterocycles. The molecule has 0 spiro atoms. The van der Waals surface area contributed by atoms with Gasteiger partial charge in [0.15, 0.2) is 0 Å². The molecule has 1 aliphatic rings. The van der Waals surface area contributed by atoms with E-state index >= 15 is 0 Å². The predicted octanol–water partition coefficient (Wildman–Crippen LogP) is 2.42. The number of esters is 1. The summed E-state index contributed by atoms with van der Waals surface area (Å²) in [5.41, 5.74) is 0.997. The van der Waals surface area contributed by atoms with Gasteiger partial charge in [-0.05, 0) is 18.9 Å². The monoisotopic (exact) mass is 333 g/mol. The lowest BCUT2D eigenvalue weighted by Gasteiger charge is -2.33. The van der Waals surface area contributed by atoms with Gasteiger partial charge in [0.25, 0.3) is 0 Å². The van der Waals surface area contributed by atoms with Crippen molar-refractivity contribution in [2.75, 3.05) is 19.1 Å². The quantitative estimate of drug-likeness (QED) is 0.776. The Morgan fingerprint density at radius 2 is 2.04 bits per heavy atom. The molecule has 132 valence electrons. The number of nitrogens with zero attached hydrogens (tertiary/aromatic N) is 2. The molecule has 2 rings (SSSR count). The largest absolute Gasteiger partial charge is 0.469 e. The molecule has 1 fully saturated rings. The lowest BCUT2D eigenvalue weighted by Crippen LogP contribution is -2.35. The van der Waals surface area contributed by atoms with Crippen LogP contribution in [-0.2, 0) is 20.9 Å². The van der Waals surface area contributed by atoms with Gasteiger partial charge in [0.05, 0.1) is 13.5 Å². The fraction of sp³-hybridized carbons (Fsp3) is 0.611. The maximum Gasteiger partial charge on any atom is 0.306 e. The lowest BCUT2D eigenvalue weighted by atomic mass is 9.94. The first kappa shape index (κ1) is 18.2. The summed E-state index contributed by atoms with van der Waals surface area (Å²) in [7, 11) is 3.41. The fourth-order valence-corrected chi connectivity index (χ4v) is 3.13. The van der Waals surface area contributed by atoms with Crippen molar-refractivity contribution in [3.63, 3.8) is 0 Å². The molecule has 1 N–H and O–H groups in total. The molecule has 1 aromatic rings. The van der Waals surface area contributed by atoms with Crippen molar-refractivity contribution in [2.24, 2.45) is 0 Å². The van der Waals surface area contributed by atoms with Crippen LogP contribution in [0.5, 0.6) is 0 Å². The number of aromatic nitrogens is 1. The van der Waals surface area contributed by atoms with E-state index in [1.54, 1.807) is 6.20 Å². The summed E-state index contributed by atoms with van der Waals surface area (Å²) in [5.74, 6) is 0.400. The van der Waals surface area contributed by atoms with Gasteiger partial charge in [-0.15, -0.1) is 0 Å². The van der Waals surface area contributed by atoms with Crippen LogP contribution in [0, 0.1) is 0 Å². The smallest absolute Gasteiger partial charge is 0.306 e. The molecule has 6 heteroatoms. The maximum atomic E-state index is 11.9. The van der Waals surface area contributed by atoms with E-state index in [1.165, 1.54) is 39.2 Å². The Kier molecular flexibility index (Phi) is 7.03. The molecule has 1 amide bonds. The third-order valence-electron chi connectivity index (χ3n) is 4.58. The van der Waals surface area contributed by atoms with E-state index in [0.29, 0.717) is 12.6 Å². The number of nitrogens with one attached hydrogen (secondary N) is 1. The second kappa shape index (κ2) is 9.25. The molecule has 6 nitrogen and oxygen atoms in total. The number of ether oxygens (including phenoxy) is 1. The Morgan fingerprint density at radius 3 is 2.75 bits per heavy atom. The van der Waals surface area contributed by atoms with Crippen LogP contribution in [0.1, 0.15) is 50.5 Å². The number of anilines is 1. The molecule has 0 saturated heterocycles. The van der Waals surface area contributed by atoms with Crippen molar-refractivity contribution in [3.8, 4) is 0 Å². The molecular formula is C18H27N3O3. The highest BCUT2D eigenvalue weighted by Crippen LogP contribution is 2.26. The topological polar surface area (TPSA) is 71.5 Å². The highest BCUT2D eigenvalue weighted by atomic mass is 16.5. The number of carbonyl (C=O) groups is 2. The lowest BCUT2D eigenvalue weighted by molar-refractivity contribution is -0.142. The minimum atomic E-state index is -0.371. The molecular weight excluding hydrogens is 306 g/mol. The molecule has 0 atom stereocenters. The summed E-state index contributed by atoms with van der Waals surface area (Å²) in [6.45, 7) is 0.417. The Morgan fingerprint density at radius 1 is 1.29 bits per heavy atom. The first-order valence-corrected chi connectivity index (χ1v) is 8.62. The summed E-state index contributed by atoms with van der Waals surface area (Å²) in [4.78, 5) is 29.7. The Labute approximate surface area is 143 Å². The van der Waals surface area contributed by atoms with Gasteiger partial charge < -0.3 is 15.0 Å². The van der Waals surface area contributed by atoms with Gasteiger partial charge in [-0.25, -0.2) is 4.98 Å². The third-order valence-corrected chi connectivity index (χ3v) is 4.58. The van der Waals surface area contributed by atoms with Gasteiger partial charge in [0.1, 0.15) is 5.82 Å². The van der Waals surface area contributed by atoms with Crippen LogP contribution in [0.2, 0.25) is 0 Å². The maximum absolute atomic E-state index is 11.9. The van der Waals surface area contributed by atoms with Crippen LogP contribution in [0.4, 0.5) is 5.82 Å². The minimum Gasteiger partial charge on any atom is -0.469 e. The zero-order chi connectivity index (χ0) is 17.4. The van der Waals surface area contributed by atoms with Crippen molar-refractivity contribution in [3.05, 3.63) is 23.9 Å². The van der Waals surface area contributed by atoms with Crippen LogP contribution in [0.15, 0.2) is 18.3 Å². The van der Waals surface area contributed by atoms with Gasteiger partial charge in [0.2, 0.25) is 5.91 Å². The molecule has 1 aliphatic carbocycles. The van der Waals surface area contributed by atoms with Crippen molar-refractivity contribution >= 4 is 17.7 Å². The van der Waals surface area contributed by atoms with Gasteiger partial charge in [0, 0.05) is 37.8 Å². The summed E-state index contributed by atoms with van der Waals surface area (Å²) < 4.78 is 4.55. The number of rotatable bonds is 7. The number of methoxy groups -OCH3 is 1. The van der Waals surface area contributed by atoms with Crippen molar-refractivity contribution in [1.29, 1.82) is 0 Å². The SMILES string of the molecule is COC(=O)CCC(=O)NCc1cccnc1N(C)C1CCCCC1. The standard InChI is InChI=1S/C18H27N3O3/c1-21(15-8-4-3-5-9-15)18-14(7-6-12-19-18)13-20-16(22)10-11-17(23)24-2/h6-7,12,15H,3-5,8-11,13H2,1-2H3,(H,20,22). The first-order chi connectivity index (χ1) is 11.6. The van der Waals surface area contributed by atoms with Crippen LogP contribution >= 0.6 is 0 Å². The summed E-state index contributed by atoms with van der Waals surface area (Å²) >= 11 is 0. The third kappa shape index (κ3) is 5.22. The first-order valence-electron chi connectivity index (χ1n) is 8.62. The molecule has 1 saturated carbocycles. The average molecular weight is 333 g/mol. The molecule has 1 aromatic heterocycles. The highest BCUT2D eigenvalue weighted by Gasteiger charge is 2.21. The zero-order valence-electron chi connectivity index (χ0n) is 14.6. The molecule has 0 radical (unpaired) electrons. The van der Waals surface area contributed by atoms with Gasteiger partial charge >= 0.3 is 5.97 Å². The van der Waals surface area contributed by atoms with E-state index in [0.717, 1.165) is 11.4 Å². The zero-order valence-corrected chi connectivity index (χ0v) is 14.6. The van der Waals surface area contributed by atoms with Gasteiger partial charge in [-0.2, -0.15) is 0 Å². The average Bonchev–Trinajstić information content (AvgIpc) is 2.64. The second-order valence-corrected chi connectivity index (χ2v) is 6.24. The number of carbonyl (C=O) groups excluding carboxylic acids is 2. The Hall–Kier alpha value is -2.11. The van der Waals surface area contributed by atoms with E-state index < -0.39 is 0 Å². The van der Waals surface area contributed by atoms with Crippen LogP contribution < -0.4 is 10.2 Å². The van der Waals surface area contributed by atoms with Crippen LogP contribution in [0.25, 0.3) is 0 Å². The highest BCUT2D eigenvalue weighted by molar-refractivity contribution is 5.81. The molecule has 0 aromatic carbocycles. The van der Waals surface area contributed by atoms with E-state index in [2.05, 4.69) is 27.0 Å². The second-order valence-electron chi connectivity index (χ2n) is 6.24. The summed E-state index contributed by atoms with van der Waals surface area (Å²) in [6.07, 6.45) is 8.26. The minimum absolute atomic E-state index is 0.101. The van der Waals surface area contributed by atoms with Crippen molar-refractivity contribution in [1.82, 2.24) is 10.3 Å². The number of pyridine rings is 1. The fourth-order valence-electron chi connectivity index (χ4n) is 3.13. The van der Waals surface area contributed by atoms with Gasteiger partial charge in [-0.3, -0.25) is 9.59 Å². The number of amides is 1. The number of hydrogen-bond donors (Lipinski definition) is 1. The summed E-state index contributed by atoms with van der Waals surface area (Å²) in [5, 5.41) is 2.86. The molecule has 1 heterocycles. The molecule has 0 unspecified atom stereocenters. The predicted molar refractivity (Wildman–Crippen MR) is 92.6 cm³/mol. The van der Waals surface area contributed by atoms with Crippen molar-refractivity contribution < 1.29 is 14.3 Å². The Bertz CT molecular complexity index is 556.